The van der Waals surface area contributed by atoms with Gasteiger partial charge in [0.25, 0.3) is 0 Å². The molecule has 1 saturated heterocycles. The number of H-pyrrole nitrogens is 1. The maximum atomic E-state index is 13.0. The van der Waals surface area contributed by atoms with E-state index in [-0.39, 0.29) is 18.4 Å². The fourth-order valence-corrected chi connectivity index (χ4v) is 3.57. The molecule has 2 aromatic rings. The number of aromatic nitrogens is 1. The van der Waals surface area contributed by atoms with Gasteiger partial charge in [-0.05, 0) is 24.5 Å². The van der Waals surface area contributed by atoms with Crippen LogP contribution in [0.2, 0.25) is 0 Å². The summed E-state index contributed by atoms with van der Waals surface area (Å²) in [7, 11) is 0. The van der Waals surface area contributed by atoms with Gasteiger partial charge in [0, 0.05) is 43.5 Å². The second-order valence-electron chi connectivity index (χ2n) is 6.78. The molecule has 1 fully saturated rings. The van der Waals surface area contributed by atoms with Crippen molar-refractivity contribution in [1.29, 1.82) is 0 Å². The van der Waals surface area contributed by atoms with E-state index >= 15 is 0 Å². The normalized spacial score (nSPS) is 18.5. The van der Waals surface area contributed by atoms with Gasteiger partial charge in [-0.25, -0.2) is 0 Å². The fourth-order valence-electron chi connectivity index (χ4n) is 3.57. The SMILES string of the molecule is CC(=O)NC(Cc1c[nH]c2ccccc12)C(=O)N1CCCC(C(=O)O)C1. The van der Waals surface area contributed by atoms with E-state index in [1.54, 1.807) is 4.90 Å². The number of amides is 2. The summed E-state index contributed by atoms with van der Waals surface area (Å²) in [4.78, 5) is 40.6. The monoisotopic (exact) mass is 357 g/mol. The zero-order chi connectivity index (χ0) is 18.7. The number of benzene rings is 1. The Morgan fingerprint density at radius 2 is 2.12 bits per heavy atom. The topological polar surface area (TPSA) is 103 Å². The van der Waals surface area contributed by atoms with Crippen LogP contribution in [0.4, 0.5) is 0 Å². The molecule has 0 bridgehead atoms. The molecule has 0 spiro atoms. The Labute approximate surface area is 151 Å². The van der Waals surface area contributed by atoms with Crippen LogP contribution in [-0.4, -0.2) is 51.9 Å². The van der Waals surface area contributed by atoms with Crippen LogP contribution in [-0.2, 0) is 20.8 Å². The van der Waals surface area contributed by atoms with Crippen LogP contribution in [0.3, 0.4) is 0 Å². The van der Waals surface area contributed by atoms with Gasteiger partial charge in [-0.15, -0.1) is 0 Å². The van der Waals surface area contributed by atoms with Gasteiger partial charge in [-0.3, -0.25) is 14.4 Å². The number of hydrogen-bond acceptors (Lipinski definition) is 3. The Bertz CT molecular complexity index is 829. The molecule has 2 heterocycles. The zero-order valence-electron chi connectivity index (χ0n) is 14.7. The molecule has 2 unspecified atom stereocenters. The fraction of sp³-hybridized carbons (Fsp3) is 0.421. The third-order valence-electron chi connectivity index (χ3n) is 4.86. The number of carboxylic acids is 1. The van der Waals surface area contributed by atoms with Gasteiger partial charge < -0.3 is 20.3 Å². The van der Waals surface area contributed by atoms with Crippen LogP contribution in [0.1, 0.15) is 25.3 Å². The van der Waals surface area contributed by atoms with Crippen molar-refractivity contribution in [2.45, 2.75) is 32.2 Å². The maximum Gasteiger partial charge on any atom is 0.308 e. The Kier molecular flexibility index (Phi) is 5.25. The minimum atomic E-state index is -0.879. The third-order valence-corrected chi connectivity index (χ3v) is 4.86. The molecular formula is C19H23N3O4. The largest absolute Gasteiger partial charge is 0.481 e. The summed E-state index contributed by atoms with van der Waals surface area (Å²) < 4.78 is 0. The molecule has 138 valence electrons. The zero-order valence-corrected chi connectivity index (χ0v) is 14.7. The van der Waals surface area contributed by atoms with E-state index in [1.165, 1.54) is 6.92 Å². The number of piperidine rings is 1. The molecule has 0 saturated carbocycles. The smallest absolute Gasteiger partial charge is 0.308 e. The van der Waals surface area contributed by atoms with Gasteiger partial charge in [0.15, 0.2) is 0 Å². The first-order chi connectivity index (χ1) is 12.5. The first kappa shape index (κ1) is 18.0. The van der Waals surface area contributed by atoms with Crippen LogP contribution in [0, 0.1) is 5.92 Å². The number of aliphatic carboxylic acids is 1. The first-order valence-electron chi connectivity index (χ1n) is 8.79. The van der Waals surface area contributed by atoms with Gasteiger partial charge in [0.05, 0.1) is 5.92 Å². The highest BCUT2D eigenvalue weighted by molar-refractivity contribution is 5.89. The quantitative estimate of drug-likeness (QED) is 0.755. The lowest BCUT2D eigenvalue weighted by atomic mass is 9.96. The van der Waals surface area contributed by atoms with Crippen molar-refractivity contribution in [2.75, 3.05) is 13.1 Å². The van der Waals surface area contributed by atoms with E-state index in [0.29, 0.717) is 25.8 Å². The molecule has 2 amide bonds. The van der Waals surface area contributed by atoms with Gasteiger partial charge in [0.2, 0.25) is 11.8 Å². The molecule has 3 rings (SSSR count). The first-order valence-corrected chi connectivity index (χ1v) is 8.79. The Balaban J connectivity index is 1.80. The standard InChI is InChI=1S/C19H23N3O4/c1-12(23)21-17(9-14-10-20-16-7-3-2-6-15(14)16)18(24)22-8-4-5-13(11-22)19(25)26/h2-3,6-7,10,13,17,20H,4-5,8-9,11H2,1H3,(H,21,23)(H,25,26). The maximum absolute atomic E-state index is 13.0. The molecule has 1 aromatic heterocycles. The number of carboxylic acid groups (broad SMARTS) is 1. The number of rotatable bonds is 5. The summed E-state index contributed by atoms with van der Waals surface area (Å²) >= 11 is 0. The molecule has 1 aromatic carbocycles. The molecule has 1 aliphatic heterocycles. The van der Waals surface area contributed by atoms with Crippen molar-refractivity contribution in [3.63, 3.8) is 0 Å². The number of carbonyl (C=O) groups is 3. The highest BCUT2D eigenvalue weighted by Gasteiger charge is 2.32. The predicted octanol–water partition coefficient (Wildman–Crippen LogP) is 1.54. The number of aromatic amines is 1. The van der Waals surface area contributed by atoms with Crippen molar-refractivity contribution in [2.24, 2.45) is 5.92 Å². The number of likely N-dealkylation sites (tertiary alicyclic amines) is 1. The average molecular weight is 357 g/mol. The summed E-state index contributed by atoms with van der Waals surface area (Å²) in [6, 6.07) is 7.07. The summed E-state index contributed by atoms with van der Waals surface area (Å²) in [5, 5.41) is 13.0. The van der Waals surface area contributed by atoms with Crippen LogP contribution in [0.25, 0.3) is 10.9 Å². The van der Waals surface area contributed by atoms with E-state index in [1.807, 2.05) is 30.5 Å². The van der Waals surface area contributed by atoms with E-state index in [2.05, 4.69) is 10.3 Å². The van der Waals surface area contributed by atoms with E-state index < -0.39 is 17.9 Å². The summed E-state index contributed by atoms with van der Waals surface area (Å²) in [6.07, 6.45) is 3.44. The summed E-state index contributed by atoms with van der Waals surface area (Å²) in [5.41, 5.74) is 1.92. The lowest BCUT2D eigenvalue weighted by Crippen LogP contribution is -2.52. The van der Waals surface area contributed by atoms with Crippen LogP contribution in [0.15, 0.2) is 30.5 Å². The van der Waals surface area contributed by atoms with Crippen LogP contribution < -0.4 is 5.32 Å². The average Bonchev–Trinajstić information content (AvgIpc) is 3.03. The van der Waals surface area contributed by atoms with Crippen LogP contribution >= 0.6 is 0 Å². The van der Waals surface area contributed by atoms with Gasteiger partial charge >= 0.3 is 5.97 Å². The van der Waals surface area contributed by atoms with Crippen molar-refractivity contribution >= 4 is 28.7 Å². The number of hydrogen-bond donors (Lipinski definition) is 3. The highest BCUT2D eigenvalue weighted by Crippen LogP contribution is 2.21. The van der Waals surface area contributed by atoms with Crippen molar-refractivity contribution in [3.05, 3.63) is 36.0 Å². The molecule has 0 aliphatic carbocycles. The van der Waals surface area contributed by atoms with Gasteiger partial charge in [0.1, 0.15) is 6.04 Å². The van der Waals surface area contributed by atoms with Gasteiger partial charge in [-0.2, -0.15) is 0 Å². The molecule has 1 aliphatic rings. The summed E-state index contributed by atoms with van der Waals surface area (Å²) in [5.74, 6) is -1.93. The van der Waals surface area contributed by atoms with Crippen molar-refractivity contribution in [1.82, 2.24) is 15.2 Å². The second-order valence-corrected chi connectivity index (χ2v) is 6.78. The van der Waals surface area contributed by atoms with E-state index in [4.69, 9.17) is 0 Å². The molecule has 26 heavy (non-hydrogen) atoms. The van der Waals surface area contributed by atoms with Crippen molar-refractivity contribution in [3.8, 4) is 0 Å². The molecular weight excluding hydrogens is 334 g/mol. The number of carbonyl (C=O) groups excluding carboxylic acids is 2. The second kappa shape index (κ2) is 7.59. The lowest BCUT2D eigenvalue weighted by molar-refractivity contribution is -0.146. The molecule has 3 N–H and O–H groups in total. The number of para-hydroxylation sites is 1. The third kappa shape index (κ3) is 3.87. The summed E-state index contributed by atoms with van der Waals surface area (Å²) in [6.45, 7) is 2.09. The molecule has 0 radical (unpaired) electrons. The molecule has 7 nitrogen and oxygen atoms in total. The predicted molar refractivity (Wildman–Crippen MR) is 96.5 cm³/mol. The number of fused-ring (bicyclic) bond motifs is 1. The minimum Gasteiger partial charge on any atom is -0.481 e. The Morgan fingerprint density at radius 3 is 2.85 bits per heavy atom. The Morgan fingerprint density at radius 1 is 1.35 bits per heavy atom. The van der Waals surface area contributed by atoms with E-state index in [0.717, 1.165) is 16.5 Å². The Hall–Kier alpha value is -2.83. The van der Waals surface area contributed by atoms with Crippen LogP contribution in [0.5, 0.6) is 0 Å². The van der Waals surface area contributed by atoms with Crippen molar-refractivity contribution < 1.29 is 19.5 Å². The van der Waals surface area contributed by atoms with E-state index in [9.17, 15) is 19.5 Å². The molecule has 7 heteroatoms. The lowest BCUT2D eigenvalue weighted by Gasteiger charge is -2.33. The minimum absolute atomic E-state index is 0.193. The highest BCUT2D eigenvalue weighted by atomic mass is 16.4. The number of nitrogens with one attached hydrogen (secondary N) is 2. The molecule has 2 atom stereocenters. The number of nitrogens with zero attached hydrogens (tertiary/aromatic N) is 1. The van der Waals surface area contributed by atoms with Gasteiger partial charge in [-0.1, -0.05) is 18.2 Å².